The lowest BCUT2D eigenvalue weighted by Gasteiger charge is -2.71. The van der Waals surface area contributed by atoms with Crippen LogP contribution in [0.4, 0.5) is 4.79 Å². The lowest BCUT2D eigenvalue weighted by Crippen LogP contribution is -2.83. The number of hydrogen-bond donors (Lipinski definition) is 2. The molecule has 388 valence electrons. The molecule has 17 nitrogen and oxygen atoms in total. The van der Waals surface area contributed by atoms with Gasteiger partial charge in [-0.15, -0.1) is 0 Å². The number of alkyl carbamates (subject to hydrolysis) is 1. The van der Waals surface area contributed by atoms with Gasteiger partial charge in [0.15, 0.2) is 24.1 Å². The Kier molecular flexibility index (Phi) is 15.7. The molecule has 2 aliphatic heterocycles. The molecule has 2 N–H and O–H groups in total. The van der Waals surface area contributed by atoms with Crippen molar-refractivity contribution in [2.75, 3.05) is 13.4 Å². The Balaban J connectivity index is 1.40. The molecule has 2 saturated heterocycles. The van der Waals surface area contributed by atoms with Gasteiger partial charge in [0.05, 0.1) is 36.8 Å². The summed E-state index contributed by atoms with van der Waals surface area (Å²) in [5, 5.41) is 17.0. The normalized spacial score (nSPS) is 32.5. The van der Waals surface area contributed by atoms with Gasteiger partial charge in [-0.1, -0.05) is 89.7 Å². The highest BCUT2D eigenvalue weighted by Crippen LogP contribution is 2.67. The topological polar surface area (TPSA) is 210 Å². The summed E-state index contributed by atoms with van der Waals surface area (Å²) in [6.07, 6.45) is -8.83. The number of esters is 4. The van der Waals surface area contributed by atoms with Crippen LogP contribution < -0.4 is 5.32 Å². The number of benzene rings is 2. The molecule has 17 heteroatoms. The van der Waals surface area contributed by atoms with Gasteiger partial charge in [0.2, 0.25) is 0 Å². The van der Waals surface area contributed by atoms with Gasteiger partial charge in [-0.3, -0.25) is 9.59 Å². The van der Waals surface area contributed by atoms with E-state index in [1.165, 1.54) is 19.9 Å². The van der Waals surface area contributed by atoms with Gasteiger partial charge in [-0.2, -0.15) is 0 Å². The highest BCUT2D eigenvalue weighted by atomic mass is 16.7. The molecule has 2 heterocycles. The van der Waals surface area contributed by atoms with Gasteiger partial charge >= 0.3 is 30.0 Å². The van der Waals surface area contributed by atoms with Gasteiger partial charge in [0, 0.05) is 37.5 Å². The molecule has 5 aliphatic rings. The second kappa shape index (κ2) is 20.7. The highest BCUT2D eigenvalue weighted by molar-refractivity contribution is 5.89. The molecule has 2 aromatic carbocycles. The van der Waals surface area contributed by atoms with Crippen LogP contribution in [0.1, 0.15) is 111 Å². The molecule has 4 fully saturated rings. The maximum Gasteiger partial charge on any atom is 0.407 e. The van der Waals surface area contributed by atoms with E-state index in [0.717, 1.165) is 5.56 Å². The lowest BCUT2D eigenvalue weighted by atomic mass is 9.44. The largest absolute Gasteiger partial charge is 0.456 e. The first-order valence-corrected chi connectivity index (χ1v) is 24.4. The van der Waals surface area contributed by atoms with Crippen molar-refractivity contribution in [3.05, 3.63) is 95.6 Å². The molecule has 1 amide bonds. The lowest BCUT2D eigenvalue weighted by molar-refractivity contribution is -0.405. The van der Waals surface area contributed by atoms with Crippen molar-refractivity contribution in [3.63, 3.8) is 0 Å². The zero-order valence-corrected chi connectivity index (χ0v) is 42.7. The second-order valence-corrected chi connectivity index (χ2v) is 21.6. The highest BCUT2D eigenvalue weighted by Gasteiger charge is 2.79. The van der Waals surface area contributed by atoms with Crippen LogP contribution in [0.5, 0.6) is 0 Å². The van der Waals surface area contributed by atoms with E-state index < -0.39 is 125 Å². The molecule has 2 bridgehead atoms. The van der Waals surface area contributed by atoms with Crippen LogP contribution in [0.15, 0.2) is 84.5 Å². The number of amides is 1. The van der Waals surface area contributed by atoms with E-state index >= 15 is 4.79 Å². The monoisotopic (exact) mass is 989 g/mol. The Hall–Kier alpha value is -5.17. The number of carbonyl (C=O) groups excluding carboxylic acids is 5. The van der Waals surface area contributed by atoms with Crippen molar-refractivity contribution >= 4 is 30.0 Å². The van der Waals surface area contributed by atoms with Gasteiger partial charge in [0.1, 0.15) is 42.4 Å². The Morgan fingerprint density at radius 1 is 0.915 bits per heavy atom. The van der Waals surface area contributed by atoms with Crippen LogP contribution in [-0.2, 0) is 68.4 Å². The van der Waals surface area contributed by atoms with E-state index in [1.54, 1.807) is 71.9 Å². The van der Waals surface area contributed by atoms with E-state index in [-0.39, 0.29) is 44.3 Å². The van der Waals surface area contributed by atoms with Crippen LogP contribution in [0.2, 0.25) is 0 Å². The molecule has 0 radical (unpaired) electrons. The van der Waals surface area contributed by atoms with Crippen molar-refractivity contribution in [1.29, 1.82) is 0 Å². The number of fused-ring (bicyclic) bond motifs is 4. The molecular weight excluding hydrogens is 919 g/mol. The van der Waals surface area contributed by atoms with Gasteiger partial charge < -0.3 is 57.8 Å². The minimum Gasteiger partial charge on any atom is -0.456 e. The predicted octanol–water partition coefficient (Wildman–Crippen LogP) is 7.07. The molecular formula is C54H71NO16. The van der Waals surface area contributed by atoms with Crippen LogP contribution in [0.3, 0.4) is 0 Å². The van der Waals surface area contributed by atoms with Gasteiger partial charge in [-0.25, -0.2) is 14.4 Å². The van der Waals surface area contributed by atoms with Crippen LogP contribution in [-0.4, -0.2) is 120 Å². The van der Waals surface area contributed by atoms with Crippen molar-refractivity contribution in [2.45, 2.75) is 174 Å². The quantitative estimate of drug-likeness (QED) is 0.0567. The van der Waals surface area contributed by atoms with Crippen molar-refractivity contribution in [3.8, 4) is 0 Å². The summed E-state index contributed by atoms with van der Waals surface area (Å²) >= 11 is 0. The smallest absolute Gasteiger partial charge is 0.407 e. The van der Waals surface area contributed by atoms with E-state index in [1.807, 2.05) is 51.1 Å². The Labute approximate surface area is 416 Å². The molecule has 1 unspecified atom stereocenters. The van der Waals surface area contributed by atoms with E-state index in [2.05, 4.69) is 11.9 Å². The molecule has 2 aromatic rings. The van der Waals surface area contributed by atoms with Crippen molar-refractivity contribution in [2.24, 2.45) is 22.7 Å². The number of carbonyl (C=O) groups is 5. The summed E-state index contributed by atoms with van der Waals surface area (Å²) in [5.74, 6) is -4.34. The molecule has 3 aliphatic carbocycles. The molecule has 7 rings (SSSR count). The number of rotatable bonds is 16. The summed E-state index contributed by atoms with van der Waals surface area (Å²) in [6, 6.07) is 16.6. The van der Waals surface area contributed by atoms with Gasteiger partial charge in [-0.05, 0) is 75.0 Å². The average Bonchev–Trinajstić information content (AvgIpc) is 3.27. The van der Waals surface area contributed by atoms with Crippen LogP contribution in [0, 0.1) is 22.7 Å². The third-order valence-corrected chi connectivity index (χ3v) is 14.8. The number of ether oxygens (including phenoxy) is 10. The summed E-state index contributed by atoms with van der Waals surface area (Å²) in [6.45, 7) is 22.1. The SMILES string of the molecule is C=CC1O[C@H]2C[C@H]3OC[C@@]3(OC(C)=O)[C@H]3[C@H](OC(=O)c4ccccc4)[C@]4(O)C[C@H](OC(=O)[C@H](OCOCc5ccccc5)[C@H](CC(C)C)NC(=O)OC(C)(C)C)C(C)=C([C@H](OC(C)=O)[C@H](O1)[C@]23C)C4(C)C. The maximum absolute atomic E-state index is 15.2. The van der Waals surface area contributed by atoms with Crippen LogP contribution in [0.25, 0.3) is 0 Å². The molecule has 13 atom stereocenters. The third-order valence-electron chi connectivity index (χ3n) is 14.8. The van der Waals surface area contributed by atoms with Gasteiger partial charge in [0.25, 0.3) is 0 Å². The van der Waals surface area contributed by atoms with E-state index in [4.69, 9.17) is 47.4 Å². The molecule has 0 aromatic heterocycles. The maximum atomic E-state index is 15.2. The second-order valence-electron chi connectivity index (χ2n) is 21.6. The van der Waals surface area contributed by atoms with Crippen LogP contribution >= 0.6 is 0 Å². The fourth-order valence-corrected chi connectivity index (χ4v) is 11.7. The summed E-state index contributed by atoms with van der Waals surface area (Å²) in [5.41, 5.74) is -5.78. The first-order valence-electron chi connectivity index (χ1n) is 24.4. The number of nitrogens with one attached hydrogen (secondary N) is 1. The van der Waals surface area contributed by atoms with E-state index in [0.29, 0.717) is 11.1 Å². The standard InChI is InChI=1S/C54H71NO16/c1-13-40-67-38-25-39-53(28-63-39,70-33(6)57)44-46(69-47(58)35-22-18-15-19-23-35)54(61)26-37(31(4)41(51(54,10)11)43(65-32(5)56)45(68-40)52(38,44)12)66-48(59)42(64-29-62-27-34-20-16-14-17-21-34)36(24-30(2)3)55-49(60)71-50(7,8)9/h13-23,30,36-40,42-46,61H,1,24-29H2,2-12H3,(H,55,60)/t36-,37-,38-,39+,40?,42+,43-,44-,45-,46-,52+,53-,54+/m0/s1. The average molecular weight is 990 g/mol. The zero-order chi connectivity index (χ0) is 51.8. The fraction of sp³-hybridized carbons (Fsp3) is 0.611. The minimum atomic E-state index is -2.24. The van der Waals surface area contributed by atoms with Crippen molar-refractivity contribution < 1.29 is 76.4 Å². The first kappa shape index (κ1) is 53.6. The summed E-state index contributed by atoms with van der Waals surface area (Å²) in [7, 11) is 0. The summed E-state index contributed by atoms with van der Waals surface area (Å²) in [4.78, 5) is 70.2. The molecule has 2 saturated carbocycles. The van der Waals surface area contributed by atoms with Crippen molar-refractivity contribution in [1.82, 2.24) is 5.32 Å². The third kappa shape index (κ3) is 10.5. The minimum absolute atomic E-state index is 0.0772. The zero-order valence-electron chi connectivity index (χ0n) is 42.7. The first-order chi connectivity index (χ1) is 33.4. The Morgan fingerprint density at radius 2 is 1.58 bits per heavy atom. The predicted molar refractivity (Wildman–Crippen MR) is 255 cm³/mol. The molecule has 0 spiro atoms. The summed E-state index contributed by atoms with van der Waals surface area (Å²) < 4.78 is 63.5. The number of aliphatic hydroxyl groups is 1. The Morgan fingerprint density at radius 3 is 2.15 bits per heavy atom. The number of hydrogen-bond acceptors (Lipinski definition) is 16. The molecule has 71 heavy (non-hydrogen) atoms. The Bertz CT molecular complexity index is 2330. The fourth-order valence-electron chi connectivity index (χ4n) is 11.7. The van der Waals surface area contributed by atoms with E-state index in [9.17, 15) is 24.3 Å².